The van der Waals surface area contributed by atoms with E-state index in [0.717, 1.165) is 5.75 Å². The van der Waals surface area contributed by atoms with E-state index in [1.165, 1.54) is 15.9 Å². The molecule has 0 N–H and O–H groups in total. The molecular formula is C19H17OPS. The molecular weight excluding hydrogens is 307 g/mol. The Morgan fingerprint density at radius 1 is 0.636 bits per heavy atom. The molecule has 0 aliphatic heterocycles. The van der Waals surface area contributed by atoms with Crippen LogP contribution in [0.25, 0.3) is 0 Å². The second-order valence-corrected chi connectivity index (χ2v) is 9.39. The molecule has 110 valence electrons. The van der Waals surface area contributed by atoms with Crippen LogP contribution in [0.4, 0.5) is 0 Å². The summed E-state index contributed by atoms with van der Waals surface area (Å²) in [5.74, 6) is 0.853. The lowest BCUT2D eigenvalue weighted by Gasteiger charge is -2.24. The topological polar surface area (TPSA) is 9.23 Å². The molecule has 0 saturated heterocycles. The van der Waals surface area contributed by atoms with Crippen LogP contribution >= 0.6 is 6.04 Å². The van der Waals surface area contributed by atoms with Gasteiger partial charge in [0.2, 0.25) is 0 Å². The van der Waals surface area contributed by atoms with Gasteiger partial charge in [-0.2, -0.15) is 0 Å². The summed E-state index contributed by atoms with van der Waals surface area (Å²) in [5.41, 5.74) is 0. The molecule has 0 bridgehead atoms. The van der Waals surface area contributed by atoms with Gasteiger partial charge in [-0.1, -0.05) is 72.5 Å². The van der Waals surface area contributed by atoms with E-state index in [1.807, 2.05) is 24.3 Å². The highest BCUT2D eigenvalue weighted by Gasteiger charge is 2.24. The van der Waals surface area contributed by atoms with Gasteiger partial charge in [0.25, 0.3) is 0 Å². The smallest absolute Gasteiger partial charge is 0.118 e. The molecule has 3 aromatic rings. The molecule has 3 heteroatoms. The molecule has 0 radical (unpaired) electrons. The van der Waals surface area contributed by atoms with Gasteiger partial charge in [-0.25, -0.2) is 0 Å². The van der Waals surface area contributed by atoms with Gasteiger partial charge >= 0.3 is 0 Å². The van der Waals surface area contributed by atoms with Gasteiger partial charge in [0.15, 0.2) is 0 Å². The van der Waals surface area contributed by atoms with Crippen molar-refractivity contribution in [2.75, 3.05) is 7.11 Å². The second kappa shape index (κ2) is 6.48. The van der Waals surface area contributed by atoms with E-state index in [2.05, 4.69) is 60.7 Å². The molecule has 3 rings (SSSR count). The Labute approximate surface area is 136 Å². The van der Waals surface area contributed by atoms with Crippen molar-refractivity contribution >= 4 is 33.8 Å². The molecule has 3 aromatic carbocycles. The van der Waals surface area contributed by atoms with Crippen LogP contribution in [0, 0.1) is 0 Å². The van der Waals surface area contributed by atoms with Crippen molar-refractivity contribution in [3.63, 3.8) is 0 Å². The number of methoxy groups -OCH3 is 1. The summed E-state index contributed by atoms with van der Waals surface area (Å²) < 4.78 is 5.27. The molecule has 0 aliphatic carbocycles. The van der Waals surface area contributed by atoms with Crippen molar-refractivity contribution in [3.8, 4) is 5.75 Å². The fraction of sp³-hybridized carbons (Fsp3) is 0.0526. The number of benzene rings is 3. The van der Waals surface area contributed by atoms with E-state index >= 15 is 0 Å². The average Bonchev–Trinajstić information content (AvgIpc) is 2.62. The minimum atomic E-state index is -2.03. The lowest BCUT2D eigenvalue weighted by atomic mass is 10.3. The molecule has 0 spiro atoms. The van der Waals surface area contributed by atoms with Crippen LogP contribution in [-0.2, 0) is 11.8 Å². The van der Waals surface area contributed by atoms with Crippen LogP contribution in [-0.4, -0.2) is 7.11 Å². The zero-order valence-electron chi connectivity index (χ0n) is 12.3. The number of hydrogen-bond donors (Lipinski definition) is 0. The maximum absolute atomic E-state index is 6.25. The maximum atomic E-state index is 6.25. The van der Waals surface area contributed by atoms with Crippen LogP contribution in [0.2, 0.25) is 0 Å². The Kier molecular flexibility index (Phi) is 4.42. The molecule has 0 atom stereocenters. The van der Waals surface area contributed by atoms with Crippen molar-refractivity contribution in [3.05, 3.63) is 84.9 Å². The molecule has 0 aliphatic rings. The molecule has 0 unspecified atom stereocenters. The van der Waals surface area contributed by atoms with Gasteiger partial charge in [-0.15, -0.1) is 0 Å². The number of rotatable bonds is 4. The first-order valence-electron chi connectivity index (χ1n) is 7.11. The van der Waals surface area contributed by atoms with Crippen LogP contribution in [0.3, 0.4) is 0 Å². The number of ether oxygens (including phenoxy) is 1. The van der Waals surface area contributed by atoms with Gasteiger partial charge in [0.1, 0.15) is 5.75 Å². The summed E-state index contributed by atoms with van der Waals surface area (Å²) in [5, 5.41) is 3.60. The third kappa shape index (κ3) is 2.72. The van der Waals surface area contributed by atoms with Gasteiger partial charge in [-0.05, 0) is 40.2 Å². The summed E-state index contributed by atoms with van der Waals surface area (Å²) in [6, 6.07) is 27.0. The zero-order valence-corrected chi connectivity index (χ0v) is 14.1. The number of hydrogen-bond acceptors (Lipinski definition) is 2. The molecule has 0 heterocycles. The fourth-order valence-electron chi connectivity index (χ4n) is 2.52. The van der Waals surface area contributed by atoms with Gasteiger partial charge in [0, 0.05) is 6.04 Å². The van der Waals surface area contributed by atoms with E-state index < -0.39 is 6.04 Å². The molecule has 0 fully saturated rings. The highest BCUT2D eigenvalue weighted by molar-refractivity contribution is 8.25. The van der Waals surface area contributed by atoms with Crippen molar-refractivity contribution in [2.45, 2.75) is 0 Å². The third-order valence-electron chi connectivity index (χ3n) is 3.68. The van der Waals surface area contributed by atoms with E-state index in [1.54, 1.807) is 7.11 Å². The van der Waals surface area contributed by atoms with Gasteiger partial charge in [-0.3, -0.25) is 0 Å². The van der Waals surface area contributed by atoms with E-state index in [9.17, 15) is 0 Å². The first kappa shape index (κ1) is 15.0. The van der Waals surface area contributed by atoms with Gasteiger partial charge in [0.05, 0.1) is 7.11 Å². The summed E-state index contributed by atoms with van der Waals surface area (Å²) in [7, 11) is 1.68. The minimum absolute atomic E-state index is 0.853. The average molecular weight is 324 g/mol. The lowest BCUT2D eigenvalue weighted by Crippen LogP contribution is -2.24. The maximum Gasteiger partial charge on any atom is 0.118 e. The Hall–Kier alpha value is -1.89. The van der Waals surface area contributed by atoms with Crippen LogP contribution in [0.1, 0.15) is 0 Å². The standard InChI is InChI=1S/C19H17OPS/c1-20-16-12-14-19(15-13-16)21(22,17-8-4-2-5-9-17)18-10-6-3-7-11-18/h2-15H,1H3. The fourth-order valence-corrected chi connectivity index (χ4v) is 6.26. The molecule has 0 saturated carbocycles. The summed E-state index contributed by atoms with van der Waals surface area (Å²) >= 11 is 6.25. The van der Waals surface area contributed by atoms with Crippen molar-refractivity contribution in [2.24, 2.45) is 0 Å². The molecule has 1 nitrogen and oxygen atoms in total. The monoisotopic (exact) mass is 324 g/mol. The molecule has 0 amide bonds. The zero-order chi connectivity index (χ0) is 15.4. The predicted molar refractivity (Wildman–Crippen MR) is 99.1 cm³/mol. The van der Waals surface area contributed by atoms with Crippen molar-refractivity contribution in [1.29, 1.82) is 0 Å². The van der Waals surface area contributed by atoms with E-state index in [4.69, 9.17) is 16.5 Å². The lowest BCUT2D eigenvalue weighted by molar-refractivity contribution is 0.415. The predicted octanol–water partition coefficient (Wildman–Crippen LogP) is 3.45. The van der Waals surface area contributed by atoms with Crippen LogP contribution in [0.15, 0.2) is 84.9 Å². The summed E-state index contributed by atoms with van der Waals surface area (Å²) in [6.45, 7) is 0. The van der Waals surface area contributed by atoms with Crippen molar-refractivity contribution in [1.82, 2.24) is 0 Å². The normalized spacial score (nSPS) is 11.1. The Balaban J connectivity index is 2.21. The first-order valence-corrected chi connectivity index (χ1v) is 9.91. The van der Waals surface area contributed by atoms with Gasteiger partial charge < -0.3 is 4.74 Å². The molecule has 0 aromatic heterocycles. The highest BCUT2D eigenvalue weighted by Crippen LogP contribution is 2.42. The SMILES string of the molecule is COc1ccc(P(=S)(c2ccccc2)c2ccccc2)cc1. The quantitative estimate of drug-likeness (QED) is 0.680. The largest absolute Gasteiger partial charge is 0.497 e. The van der Waals surface area contributed by atoms with E-state index in [-0.39, 0.29) is 0 Å². The first-order chi connectivity index (χ1) is 10.7. The van der Waals surface area contributed by atoms with Crippen LogP contribution in [0.5, 0.6) is 5.75 Å². The minimum Gasteiger partial charge on any atom is -0.497 e. The van der Waals surface area contributed by atoms with Crippen molar-refractivity contribution < 1.29 is 4.74 Å². The Morgan fingerprint density at radius 3 is 1.45 bits per heavy atom. The highest BCUT2D eigenvalue weighted by atomic mass is 32.4. The second-order valence-electron chi connectivity index (χ2n) is 4.98. The Bertz CT molecular complexity index is 739. The van der Waals surface area contributed by atoms with E-state index in [0.29, 0.717) is 0 Å². The summed E-state index contributed by atoms with van der Waals surface area (Å²) in [4.78, 5) is 0. The Morgan fingerprint density at radius 2 is 1.05 bits per heavy atom. The molecule has 22 heavy (non-hydrogen) atoms. The summed E-state index contributed by atoms with van der Waals surface area (Å²) in [6.07, 6.45) is 0. The van der Waals surface area contributed by atoms with Crippen LogP contribution < -0.4 is 20.7 Å². The third-order valence-corrected chi connectivity index (χ3v) is 8.65.